The number of benzene rings is 1. The molecule has 0 spiro atoms. The molecule has 7 heteroatoms. The van der Waals surface area contributed by atoms with Gasteiger partial charge in [-0.1, -0.05) is 18.2 Å². The van der Waals surface area contributed by atoms with E-state index in [1.165, 1.54) is 0 Å². The van der Waals surface area contributed by atoms with Crippen molar-refractivity contribution in [1.29, 1.82) is 0 Å². The highest BCUT2D eigenvalue weighted by molar-refractivity contribution is 5.98. The Kier molecular flexibility index (Phi) is 4.48. The normalized spacial score (nSPS) is 26.0. The molecule has 136 valence electrons. The summed E-state index contributed by atoms with van der Waals surface area (Å²) in [6.07, 6.45) is 1.58. The van der Waals surface area contributed by atoms with Crippen molar-refractivity contribution in [2.75, 3.05) is 25.1 Å². The standard InChI is InChI=1S/C19H22N4O3/c1-22-11-15(18(24)20-10-14-8-5-9-26-14)17-16(12-22)19(25)23(21-17)13-6-3-2-4-7-13/h2-9,15-17,21H,10-12H2,1H3,(H,20,24). The van der Waals surface area contributed by atoms with E-state index in [1.54, 1.807) is 17.3 Å². The van der Waals surface area contributed by atoms with Crippen LogP contribution in [0.5, 0.6) is 0 Å². The second kappa shape index (κ2) is 6.93. The van der Waals surface area contributed by atoms with Crippen molar-refractivity contribution in [2.24, 2.45) is 11.8 Å². The third kappa shape index (κ3) is 3.11. The Labute approximate surface area is 151 Å². The van der Waals surface area contributed by atoms with Gasteiger partial charge in [-0.05, 0) is 31.3 Å². The van der Waals surface area contributed by atoms with Crippen molar-refractivity contribution >= 4 is 17.5 Å². The molecule has 1 aromatic carbocycles. The number of piperidine rings is 1. The van der Waals surface area contributed by atoms with Gasteiger partial charge in [-0.25, -0.2) is 10.4 Å². The molecule has 2 saturated heterocycles. The van der Waals surface area contributed by atoms with E-state index >= 15 is 0 Å². The summed E-state index contributed by atoms with van der Waals surface area (Å²) in [5.41, 5.74) is 4.07. The zero-order valence-corrected chi connectivity index (χ0v) is 14.6. The maximum Gasteiger partial charge on any atom is 0.247 e. The van der Waals surface area contributed by atoms with E-state index in [9.17, 15) is 9.59 Å². The second-order valence-electron chi connectivity index (χ2n) is 6.90. The van der Waals surface area contributed by atoms with Gasteiger partial charge in [0.25, 0.3) is 0 Å². The van der Waals surface area contributed by atoms with Crippen molar-refractivity contribution < 1.29 is 14.0 Å². The van der Waals surface area contributed by atoms with Crippen LogP contribution in [0.1, 0.15) is 5.76 Å². The average molecular weight is 354 g/mol. The van der Waals surface area contributed by atoms with Crippen LogP contribution in [0.4, 0.5) is 5.69 Å². The number of rotatable bonds is 4. The summed E-state index contributed by atoms with van der Waals surface area (Å²) in [5.74, 6) is 0.0925. The molecule has 2 N–H and O–H groups in total. The lowest BCUT2D eigenvalue weighted by Gasteiger charge is -2.36. The number of likely N-dealkylation sites (tertiary alicyclic amines) is 1. The highest BCUT2D eigenvalue weighted by Gasteiger charge is 2.50. The molecule has 2 aromatic rings. The van der Waals surface area contributed by atoms with Gasteiger partial charge in [-0.15, -0.1) is 0 Å². The topological polar surface area (TPSA) is 77.8 Å². The van der Waals surface area contributed by atoms with Gasteiger partial charge in [0.1, 0.15) is 5.76 Å². The number of carbonyl (C=O) groups excluding carboxylic acids is 2. The van der Waals surface area contributed by atoms with Gasteiger partial charge in [-0.3, -0.25) is 9.59 Å². The first-order chi connectivity index (χ1) is 12.6. The summed E-state index contributed by atoms with van der Waals surface area (Å²) in [6.45, 7) is 1.59. The summed E-state index contributed by atoms with van der Waals surface area (Å²) in [5, 5.41) is 4.51. The molecule has 2 fully saturated rings. The number of hydrazine groups is 1. The largest absolute Gasteiger partial charge is 0.467 e. The third-order valence-corrected chi connectivity index (χ3v) is 5.07. The predicted octanol–water partition coefficient (Wildman–Crippen LogP) is 0.994. The number of para-hydroxylation sites is 1. The van der Waals surface area contributed by atoms with Crippen LogP contribution in [0.2, 0.25) is 0 Å². The lowest BCUT2D eigenvalue weighted by atomic mass is 9.84. The molecule has 3 atom stereocenters. The van der Waals surface area contributed by atoms with Crippen LogP contribution >= 0.6 is 0 Å². The highest BCUT2D eigenvalue weighted by atomic mass is 16.3. The van der Waals surface area contributed by atoms with Crippen LogP contribution in [0.25, 0.3) is 0 Å². The molecule has 1 aromatic heterocycles. The number of fused-ring (bicyclic) bond motifs is 1. The number of amides is 2. The fourth-order valence-corrected chi connectivity index (χ4v) is 3.79. The van der Waals surface area contributed by atoms with Crippen LogP contribution in [0.15, 0.2) is 53.1 Å². The van der Waals surface area contributed by atoms with Gasteiger partial charge in [0.2, 0.25) is 11.8 Å². The third-order valence-electron chi connectivity index (χ3n) is 5.07. The highest BCUT2D eigenvalue weighted by Crippen LogP contribution is 2.31. The molecule has 0 aliphatic carbocycles. The van der Waals surface area contributed by atoms with E-state index in [1.807, 2.05) is 48.3 Å². The van der Waals surface area contributed by atoms with E-state index in [0.717, 1.165) is 5.69 Å². The number of hydrogen-bond donors (Lipinski definition) is 2. The van der Waals surface area contributed by atoms with E-state index in [0.29, 0.717) is 25.4 Å². The average Bonchev–Trinajstić information content (AvgIpc) is 3.28. The number of nitrogens with zero attached hydrogens (tertiary/aromatic N) is 2. The maximum absolute atomic E-state index is 12.9. The summed E-state index contributed by atoms with van der Waals surface area (Å²) in [4.78, 5) is 27.7. The van der Waals surface area contributed by atoms with E-state index in [2.05, 4.69) is 10.7 Å². The van der Waals surface area contributed by atoms with Gasteiger partial charge in [0.15, 0.2) is 0 Å². The monoisotopic (exact) mass is 354 g/mol. The minimum absolute atomic E-state index is 0.0107. The molecule has 2 amide bonds. The second-order valence-corrected chi connectivity index (χ2v) is 6.90. The van der Waals surface area contributed by atoms with Gasteiger partial charge in [0.05, 0.1) is 36.4 Å². The zero-order chi connectivity index (χ0) is 18.1. The van der Waals surface area contributed by atoms with E-state index in [-0.39, 0.29) is 29.7 Å². The minimum Gasteiger partial charge on any atom is -0.467 e. The Morgan fingerprint density at radius 1 is 1.23 bits per heavy atom. The van der Waals surface area contributed by atoms with Gasteiger partial charge in [-0.2, -0.15) is 0 Å². The number of hydrogen-bond acceptors (Lipinski definition) is 5. The SMILES string of the molecule is CN1CC(C(=O)NCc2ccco2)C2NN(c3ccccc3)C(=O)C2C1. The quantitative estimate of drug-likeness (QED) is 0.856. The van der Waals surface area contributed by atoms with Gasteiger partial charge in [0, 0.05) is 13.1 Å². The Morgan fingerprint density at radius 2 is 2.04 bits per heavy atom. The summed E-state index contributed by atoms with van der Waals surface area (Å²) in [6, 6.07) is 12.9. The lowest BCUT2D eigenvalue weighted by molar-refractivity contribution is -0.129. The number of nitrogens with one attached hydrogen (secondary N) is 2. The van der Waals surface area contributed by atoms with Gasteiger partial charge >= 0.3 is 0 Å². The molecule has 0 bridgehead atoms. The number of furan rings is 1. The van der Waals surface area contributed by atoms with Crippen LogP contribution in [0, 0.1) is 11.8 Å². The van der Waals surface area contributed by atoms with Crippen LogP contribution in [0.3, 0.4) is 0 Å². The lowest BCUT2D eigenvalue weighted by Crippen LogP contribution is -2.56. The summed E-state index contributed by atoms with van der Waals surface area (Å²) >= 11 is 0. The fourth-order valence-electron chi connectivity index (χ4n) is 3.79. The Morgan fingerprint density at radius 3 is 2.77 bits per heavy atom. The maximum atomic E-state index is 12.9. The van der Waals surface area contributed by atoms with Crippen LogP contribution in [-0.4, -0.2) is 42.9 Å². The van der Waals surface area contributed by atoms with Gasteiger partial charge < -0.3 is 14.6 Å². The molecule has 0 radical (unpaired) electrons. The zero-order valence-electron chi connectivity index (χ0n) is 14.6. The number of carbonyl (C=O) groups is 2. The molecule has 4 rings (SSSR count). The Bertz CT molecular complexity index is 777. The first-order valence-electron chi connectivity index (χ1n) is 8.77. The molecular weight excluding hydrogens is 332 g/mol. The van der Waals surface area contributed by atoms with Crippen LogP contribution in [-0.2, 0) is 16.1 Å². The van der Waals surface area contributed by atoms with Crippen molar-refractivity contribution in [2.45, 2.75) is 12.6 Å². The molecule has 2 aliphatic heterocycles. The van der Waals surface area contributed by atoms with E-state index < -0.39 is 0 Å². The predicted molar refractivity (Wildman–Crippen MR) is 95.9 cm³/mol. The fraction of sp³-hybridized carbons (Fsp3) is 0.368. The summed E-state index contributed by atoms with van der Waals surface area (Å²) in [7, 11) is 1.95. The van der Waals surface area contributed by atoms with Crippen molar-refractivity contribution in [1.82, 2.24) is 15.6 Å². The number of anilines is 1. The minimum atomic E-state index is -0.314. The smallest absolute Gasteiger partial charge is 0.247 e. The Hall–Kier alpha value is -2.64. The Balaban J connectivity index is 1.51. The summed E-state index contributed by atoms with van der Waals surface area (Å²) < 4.78 is 5.27. The molecule has 7 nitrogen and oxygen atoms in total. The molecule has 2 aliphatic rings. The molecule has 3 heterocycles. The van der Waals surface area contributed by atoms with Crippen molar-refractivity contribution in [3.8, 4) is 0 Å². The molecule has 3 unspecified atom stereocenters. The van der Waals surface area contributed by atoms with Crippen LogP contribution < -0.4 is 15.8 Å². The van der Waals surface area contributed by atoms with Crippen molar-refractivity contribution in [3.05, 3.63) is 54.5 Å². The molecular formula is C19H22N4O3. The van der Waals surface area contributed by atoms with Crippen molar-refractivity contribution in [3.63, 3.8) is 0 Å². The molecule has 0 saturated carbocycles. The first kappa shape index (κ1) is 16.8. The van der Waals surface area contributed by atoms with E-state index in [4.69, 9.17) is 4.42 Å². The first-order valence-corrected chi connectivity index (χ1v) is 8.77. The molecule has 26 heavy (non-hydrogen) atoms.